The Morgan fingerprint density at radius 3 is 2.68 bits per heavy atom. The summed E-state index contributed by atoms with van der Waals surface area (Å²) in [6.45, 7) is 5.80. The summed E-state index contributed by atoms with van der Waals surface area (Å²) in [5.74, 6) is 0.416. The number of aryl methyl sites for hydroxylation is 1. The lowest BCUT2D eigenvalue weighted by Crippen LogP contribution is -2.63. The molecule has 0 bridgehead atoms. The number of imide groups is 1. The van der Waals surface area contributed by atoms with Crippen LogP contribution in [0.4, 0.5) is 10.7 Å². The van der Waals surface area contributed by atoms with Gasteiger partial charge in [-0.1, -0.05) is 4.99 Å². The number of amides is 3. The summed E-state index contributed by atoms with van der Waals surface area (Å²) in [6.07, 6.45) is 1.85. The first kappa shape index (κ1) is 14.4. The van der Waals surface area contributed by atoms with Crippen LogP contribution >= 0.6 is 0 Å². The van der Waals surface area contributed by atoms with Gasteiger partial charge in [-0.15, -0.1) is 0 Å². The fourth-order valence-electron chi connectivity index (χ4n) is 2.99. The lowest BCUT2D eigenvalue weighted by atomic mass is 10.1. The van der Waals surface area contributed by atoms with Crippen LogP contribution < -0.4 is 4.57 Å². The van der Waals surface area contributed by atoms with Gasteiger partial charge in [-0.25, -0.2) is 13.9 Å². The standard InChI is InChI=1S/C14H18N5O3/c1-5-17-8(2)6-18-10-11(15-13(17)18)16(4)14(22)19(12(10)21)7-9(3)20/h6,10H,5,7H2,1-4H3/q+1. The van der Waals surface area contributed by atoms with E-state index in [0.717, 1.165) is 17.1 Å². The summed E-state index contributed by atoms with van der Waals surface area (Å²) in [5, 5.41) is 0. The van der Waals surface area contributed by atoms with Crippen molar-refractivity contribution in [2.45, 2.75) is 33.4 Å². The number of carbonyl (C=O) groups is 3. The molecule has 1 unspecified atom stereocenters. The van der Waals surface area contributed by atoms with Gasteiger partial charge in [0.1, 0.15) is 17.7 Å². The second-order valence-electron chi connectivity index (χ2n) is 5.56. The van der Waals surface area contributed by atoms with Gasteiger partial charge >= 0.3 is 12.0 Å². The van der Waals surface area contributed by atoms with E-state index in [2.05, 4.69) is 4.99 Å². The van der Waals surface area contributed by atoms with Crippen LogP contribution in [0.15, 0.2) is 11.2 Å². The molecule has 0 aliphatic carbocycles. The van der Waals surface area contributed by atoms with E-state index < -0.39 is 18.0 Å². The van der Waals surface area contributed by atoms with Crippen molar-refractivity contribution in [1.82, 2.24) is 14.4 Å². The minimum Gasteiger partial charge on any atom is -0.298 e. The van der Waals surface area contributed by atoms with Crippen LogP contribution in [0.25, 0.3) is 0 Å². The Bertz CT molecular complexity index is 733. The molecule has 1 aromatic heterocycles. The molecule has 2 aliphatic heterocycles. The monoisotopic (exact) mass is 304 g/mol. The van der Waals surface area contributed by atoms with Crippen molar-refractivity contribution < 1.29 is 19.0 Å². The largest absolute Gasteiger partial charge is 0.401 e. The Balaban J connectivity index is 2.10. The van der Waals surface area contributed by atoms with Crippen molar-refractivity contribution in [2.75, 3.05) is 13.6 Å². The zero-order valence-corrected chi connectivity index (χ0v) is 13.0. The van der Waals surface area contributed by atoms with E-state index in [1.54, 1.807) is 11.6 Å². The molecule has 3 rings (SSSR count). The smallest absolute Gasteiger partial charge is 0.298 e. The van der Waals surface area contributed by atoms with E-state index in [9.17, 15) is 14.4 Å². The maximum Gasteiger partial charge on any atom is 0.401 e. The molecule has 3 amide bonds. The lowest BCUT2D eigenvalue weighted by Gasteiger charge is -2.32. The van der Waals surface area contributed by atoms with E-state index in [4.69, 9.17) is 0 Å². The van der Waals surface area contributed by atoms with Gasteiger partial charge < -0.3 is 0 Å². The number of imidazole rings is 1. The first-order valence-electron chi connectivity index (χ1n) is 7.15. The van der Waals surface area contributed by atoms with Crippen molar-refractivity contribution in [3.8, 4) is 0 Å². The van der Waals surface area contributed by atoms with Crippen LogP contribution in [-0.4, -0.2) is 51.5 Å². The second-order valence-corrected chi connectivity index (χ2v) is 5.56. The zero-order valence-electron chi connectivity index (χ0n) is 13.0. The average molecular weight is 304 g/mol. The van der Waals surface area contributed by atoms with E-state index in [0.29, 0.717) is 11.8 Å². The Labute approximate surface area is 127 Å². The van der Waals surface area contributed by atoms with Gasteiger partial charge in [0.05, 0.1) is 13.1 Å². The van der Waals surface area contributed by atoms with Crippen molar-refractivity contribution in [1.29, 1.82) is 0 Å². The summed E-state index contributed by atoms with van der Waals surface area (Å²) in [5.41, 5.74) is 0.991. The number of aliphatic imine (C=N–C) groups is 1. The number of rotatable bonds is 3. The molecule has 22 heavy (non-hydrogen) atoms. The molecule has 2 aliphatic rings. The van der Waals surface area contributed by atoms with E-state index in [1.807, 2.05) is 24.6 Å². The van der Waals surface area contributed by atoms with E-state index in [1.165, 1.54) is 11.8 Å². The van der Waals surface area contributed by atoms with Gasteiger partial charge in [0, 0.05) is 7.05 Å². The molecule has 0 saturated carbocycles. The van der Waals surface area contributed by atoms with E-state index >= 15 is 0 Å². The highest BCUT2D eigenvalue weighted by Crippen LogP contribution is 2.28. The molecule has 8 heteroatoms. The van der Waals surface area contributed by atoms with Crippen molar-refractivity contribution in [2.24, 2.45) is 4.99 Å². The van der Waals surface area contributed by atoms with Crippen LogP contribution in [0.5, 0.6) is 0 Å². The van der Waals surface area contributed by atoms with Gasteiger partial charge in [-0.05, 0) is 20.8 Å². The minimum absolute atomic E-state index is 0.213. The van der Waals surface area contributed by atoms with Crippen molar-refractivity contribution in [3.05, 3.63) is 11.9 Å². The van der Waals surface area contributed by atoms with Gasteiger partial charge in [0.25, 0.3) is 5.91 Å². The molecule has 1 fully saturated rings. The molecular weight excluding hydrogens is 286 g/mol. The first-order valence-corrected chi connectivity index (χ1v) is 7.15. The fraction of sp³-hybridized carbons (Fsp3) is 0.500. The van der Waals surface area contributed by atoms with Gasteiger partial charge in [0.15, 0.2) is 0 Å². The maximum atomic E-state index is 12.7. The number of carbonyl (C=O) groups excluding carboxylic acids is 3. The molecule has 1 aromatic rings. The number of Topliss-reactive ketones (excluding diaryl/α,β-unsaturated/α-hetero) is 1. The van der Waals surface area contributed by atoms with Gasteiger partial charge in [0.2, 0.25) is 11.9 Å². The molecule has 0 aromatic carbocycles. The minimum atomic E-state index is -0.677. The Morgan fingerprint density at radius 1 is 1.41 bits per heavy atom. The van der Waals surface area contributed by atoms with Crippen LogP contribution in [-0.2, 0) is 16.1 Å². The molecule has 116 valence electrons. The summed E-state index contributed by atoms with van der Waals surface area (Å²) in [7, 11) is 1.57. The van der Waals surface area contributed by atoms with Crippen LogP contribution in [0.1, 0.15) is 25.6 Å². The summed E-state index contributed by atoms with van der Waals surface area (Å²) >= 11 is 0. The number of urea groups is 1. The number of nitrogens with zero attached hydrogens (tertiary/aromatic N) is 5. The number of hydrogen-bond donors (Lipinski definition) is 0. The topological polar surface area (TPSA) is 78.9 Å². The summed E-state index contributed by atoms with van der Waals surface area (Å²) in [6, 6.07) is -1.19. The second kappa shape index (κ2) is 4.75. The predicted molar refractivity (Wildman–Crippen MR) is 76.7 cm³/mol. The molecule has 1 atom stereocenters. The normalized spacial score (nSPS) is 20.2. The average Bonchev–Trinajstić information content (AvgIpc) is 2.95. The Morgan fingerprint density at radius 2 is 2.09 bits per heavy atom. The number of aromatic nitrogens is 2. The highest BCUT2D eigenvalue weighted by atomic mass is 16.2. The van der Waals surface area contributed by atoms with Crippen LogP contribution in [0, 0.1) is 6.92 Å². The lowest BCUT2D eigenvalue weighted by molar-refractivity contribution is -0.677. The first-order chi connectivity index (χ1) is 10.4. The summed E-state index contributed by atoms with van der Waals surface area (Å²) in [4.78, 5) is 43.1. The third-order valence-corrected chi connectivity index (χ3v) is 4.02. The number of hydrogen-bond acceptors (Lipinski definition) is 4. The molecule has 1 saturated heterocycles. The van der Waals surface area contributed by atoms with Crippen LogP contribution in [0.2, 0.25) is 0 Å². The SMILES string of the molecule is CCn1c(C)c[n+]2c1N=C1C2C(=O)N(CC(C)=O)C(=O)N1C. The van der Waals surface area contributed by atoms with Crippen molar-refractivity contribution >= 4 is 29.5 Å². The highest BCUT2D eigenvalue weighted by molar-refractivity contribution is 6.19. The van der Waals surface area contributed by atoms with Crippen LogP contribution in [0.3, 0.4) is 0 Å². The van der Waals surface area contributed by atoms with Crippen molar-refractivity contribution in [3.63, 3.8) is 0 Å². The third kappa shape index (κ3) is 1.79. The molecule has 8 nitrogen and oxygen atoms in total. The highest BCUT2D eigenvalue weighted by Gasteiger charge is 2.53. The molecule has 3 heterocycles. The molecule has 0 N–H and O–H groups in total. The number of fused-ring (bicyclic) bond motifs is 3. The van der Waals surface area contributed by atoms with Gasteiger partial charge in [-0.3, -0.25) is 19.4 Å². The Hall–Kier alpha value is -2.51. The number of ketones is 1. The Kier molecular flexibility index (Phi) is 3.12. The third-order valence-electron chi connectivity index (χ3n) is 4.02. The number of likely N-dealkylation sites (N-methyl/N-ethyl adjacent to an activating group) is 1. The molecular formula is C14H18N5O3+. The number of amidine groups is 1. The fourth-order valence-corrected chi connectivity index (χ4v) is 2.99. The predicted octanol–water partition coefficient (Wildman–Crippen LogP) is 0.172. The molecule has 0 radical (unpaired) electrons. The zero-order chi connectivity index (χ0) is 16.2. The quantitative estimate of drug-likeness (QED) is 0.747. The van der Waals surface area contributed by atoms with E-state index in [-0.39, 0.29) is 12.3 Å². The van der Waals surface area contributed by atoms with Gasteiger partial charge in [-0.2, -0.15) is 0 Å². The molecule has 0 spiro atoms. The summed E-state index contributed by atoms with van der Waals surface area (Å²) < 4.78 is 3.75. The maximum absolute atomic E-state index is 12.7.